The molecule has 1 unspecified atom stereocenters. The molecule has 0 aliphatic carbocycles. The average Bonchev–Trinajstić information content (AvgIpc) is 2.21. The highest BCUT2D eigenvalue weighted by molar-refractivity contribution is 7.80. The Labute approximate surface area is 88.9 Å². The third kappa shape index (κ3) is 2.64. The fourth-order valence-electron chi connectivity index (χ4n) is 1.16. The van der Waals surface area contributed by atoms with Gasteiger partial charge in [0.25, 0.3) is 0 Å². The van der Waals surface area contributed by atoms with E-state index in [1.54, 1.807) is 0 Å². The summed E-state index contributed by atoms with van der Waals surface area (Å²) in [6.45, 7) is 2.34. The molecular weight excluding hydrogens is 196 g/mol. The van der Waals surface area contributed by atoms with Crippen LogP contribution in [0.25, 0.3) is 0 Å². The lowest BCUT2D eigenvalue weighted by molar-refractivity contribution is -0.108. The molecule has 1 atom stereocenters. The highest BCUT2D eigenvalue weighted by Crippen LogP contribution is 2.15. The molecule has 0 saturated heterocycles. The van der Waals surface area contributed by atoms with Crippen LogP contribution in [0.3, 0.4) is 0 Å². The van der Waals surface area contributed by atoms with Crippen LogP contribution in [-0.4, -0.2) is 17.9 Å². The van der Waals surface area contributed by atoms with Crippen molar-refractivity contribution in [2.45, 2.75) is 12.8 Å². The van der Waals surface area contributed by atoms with Crippen LogP contribution in [0.5, 0.6) is 0 Å². The number of rotatable bonds is 4. The van der Waals surface area contributed by atoms with Crippen LogP contribution in [0.15, 0.2) is 30.3 Å². The first kappa shape index (κ1) is 10.9. The zero-order chi connectivity index (χ0) is 10.4. The number of carbonyl (C=O) groups is 1. The summed E-state index contributed by atoms with van der Waals surface area (Å²) in [7, 11) is 0. The van der Waals surface area contributed by atoms with Crippen molar-refractivity contribution in [1.82, 2.24) is 0 Å². The van der Waals surface area contributed by atoms with E-state index in [0.29, 0.717) is 11.7 Å². The van der Waals surface area contributed by atoms with Crippen molar-refractivity contribution >= 4 is 23.6 Å². The zero-order valence-electron chi connectivity index (χ0n) is 7.97. The number of hydrogen-bond donors (Lipinski definition) is 0. The molecule has 1 rings (SSSR count). The molecule has 14 heavy (non-hydrogen) atoms. The first-order chi connectivity index (χ1) is 6.79. The summed E-state index contributed by atoms with van der Waals surface area (Å²) < 4.78 is 5.15. The maximum atomic E-state index is 10.9. The highest BCUT2D eigenvalue weighted by Gasteiger charge is 2.16. The summed E-state index contributed by atoms with van der Waals surface area (Å²) in [5, 5.41) is 0.341. The van der Waals surface area contributed by atoms with Crippen molar-refractivity contribution in [2.24, 2.45) is 0 Å². The minimum Gasteiger partial charge on any atom is -0.486 e. The van der Waals surface area contributed by atoms with Crippen LogP contribution < -0.4 is 0 Å². The number of hydrogen-bond acceptors (Lipinski definition) is 3. The monoisotopic (exact) mass is 208 g/mol. The maximum absolute atomic E-state index is 10.9. The Morgan fingerprint density at radius 3 is 2.64 bits per heavy atom. The van der Waals surface area contributed by atoms with Gasteiger partial charge in [-0.25, -0.2) is 0 Å². The maximum Gasteiger partial charge on any atom is 0.174 e. The van der Waals surface area contributed by atoms with Gasteiger partial charge in [-0.15, -0.1) is 0 Å². The lowest BCUT2D eigenvalue weighted by Crippen LogP contribution is -2.15. The summed E-state index contributed by atoms with van der Waals surface area (Å²) in [6.07, 6.45) is 0.813. The highest BCUT2D eigenvalue weighted by atomic mass is 32.1. The Bertz CT molecular complexity index is 308. The topological polar surface area (TPSA) is 26.3 Å². The Morgan fingerprint density at radius 1 is 1.50 bits per heavy atom. The average molecular weight is 208 g/mol. The second-order valence-corrected chi connectivity index (χ2v) is 3.18. The fourth-order valence-corrected chi connectivity index (χ4v) is 1.47. The first-order valence-electron chi connectivity index (χ1n) is 4.46. The third-order valence-electron chi connectivity index (χ3n) is 1.84. The van der Waals surface area contributed by atoms with Crippen molar-refractivity contribution in [2.75, 3.05) is 6.61 Å². The van der Waals surface area contributed by atoms with E-state index < -0.39 is 5.92 Å². The second-order valence-electron chi connectivity index (χ2n) is 2.78. The molecule has 1 aromatic carbocycles. The van der Waals surface area contributed by atoms with Gasteiger partial charge in [-0.1, -0.05) is 30.3 Å². The van der Waals surface area contributed by atoms with Gasteiger partial charge in [-0.2, -0.15) is 0 Å². The van der Waals surface area contributed by atoms with Crippen molar-refractivity contribution in [1.29, 1.82) is 0 Å². The van der Waals surface area contributed by atoms with E-state index in [9.17, 15) is 4.79 Å². The summed E-state index contributed by atoms with van der Waals surface area (Å²) in [5.41, 5.74) is 0.876. The number of thiocarbonyl (C=S) groups is 1. The first-order valence-corrected chi connectivity index (χ1v) is 4.87. The molecule has 2 nitrogen and oxygen atoms in total. The van der Waals surface area contributed by atoms with E-state index in [0.717, 1.165) is 11.8 Å². The van der Waals surface area contributed by atoms with Crippen LogP contribution in [-0.2, 0) is 9.53 Å². The molecule has 0 amide bonds. The van der Waals surface area contributed by atoms with Gasteiger partial charge in [0.05, 0.1) is 6.61 Å². The Morgan fingerprint density at radius 2 is 2.14 bits per heavy atom. The molecule has 74 valence electrons. The van der Waals surface area contributed by atoms with E-state index in [1.165, 1.54) is 0 Å². The number of aldehydes is 1. The van der Waals surface area contributed by atoms with Crippen molar-refractivity contribution in [3.05, 3.63) is 35.9 Å². The molecule has 0 fully saturated rings. The number of carbonyl (C=O) groups excluding carboxylic acids is 1. The zero-order valence-corrected chi connectivity index (χ0v) is 8.79. The largest absolute Gasteiger partial charge is 0.486 e. The van der Waals surface area contributed by atoms with Gasteiger partial charge in [0, 0.05) is 0 Å². The molecule has 0 saturated carbocycles. The molecule has 3 heteroatoms. The van der Waals surface area contributed by atoms with Crippen LogP contribution in [0.4, 0.5) is 0 Å². The van der Waals surface area contributed by atoms with Crippen molar-refractivity contribution < 1.29 is 9.53 Å². The van der Waals surface area contributed by atoms with E-state index in [4.69, 9.17) is 17.0 Å². The van der Waals surface area contributed by atoms with Gasteiger partial charge >= 0.3 is 0 Å². The lowest BCUT2D eigenvalue weighted by Gasteiger charge is -2.11. The van der Waals surface area contributed by atoms with Gasteiger partial charge in [-0.05, 0) is 24.7 Å². The minimum absolute atomic E-state index is 0.341. The lowest BCUT2D eigenvalue weighted by atomic mass is 10.0. The summed E-state index contributed by atoms with van der Waals surface area (Å²) in [4.78, 5) is 10.9. The molecule has 0 heterocycles. The van der Waals surface area contributed by atoms with Crippen LogP contribution in [0.1, 0.15) is 18.4 Å². The van der Waals surface area contributed by atoms with Gasteiger partial charge in [-0.3, -0.25) is 0 Å². The van der Waals surface area contributed by atoms with Crippen molar-refractivity contribution in [3.63, 3.8) is 0 Å². The normalized spacial score (nSPS) is 11.8. The predicted octanol–water partition coefficient (Wildman–Crippen LogP) is 2.33. The smallest absolute Gasteiger partial charge is 0.174 e. The SMILES string of the molecule is CCOC(=S)C(C=O)c1ccccc1. The fraction of sp³-hybridized carbons (Fsp3) is 0.273. The Hall–Kier alpha value is -1.22. The van der Waals surface area contributed by atoms with E-state index in [1.807, 2.05) is 37.3 Å². The van der Waals surface area contributed by atoms with Crippen LogP contribution >= 0.6 is 12.2 Å². The summed E-state index contributed by atoms with van der Waals surface area (Å²) in [6, 6.07) is 9.38. The molecule has 0 bridgehead atoms. The van der Waals surface area contributed by atoms with Crippen LogP contribution in [0, 0.1) is 0 Å². The molecule has 0 aromatic heterocycles. The van der Waals surface area contributed by atoms with Gasteiger partial charge in [0.1, 0.15) is 12.2 Å². The standard InChI is InChI=1S/C11H12O2S/c1-2-13-11(14)10(8-12)9-6-4-3-5-7-9/h3-8,10H,2H2,1H3. The summed E-state index contributed by atoms with van der Waals surface area (Å²) >= 11 is 5.00. The summed E-state index contributed by atoms with van der Waals surface area (Å²) in [5.74, 6) is -0.425. The van der Waals surface area contributed by atoms with E-state index >= 15 is 0 Å². The van der Waals surface area contributed by atoms with Crippen LogP contribution in [0.2, 0.25) is 0 Å². The number of benzene rings is 1. The Kier molecular flexibility index (Phi) is 4.26. The van der Waals surface area contributed by atoms with Crippen molar-refractivity contribution in [3.8, 4) is 0 Å². The van der Waals surface area contributed by atoms with E-state index in [-0.39, 0.29) is 0 Å². The molecule has 0 aliphatic rings. The molecule has 0 N–H and O–H groups in total. The predicted molar refractivity (Wildman–Crippen MR) is 59.5 cm³/mol. The minimum atomic E-state index is -0.425. The molecule has 0 aliphatic heterocycles. The quantitative estimate of drug-likeness (QED) is 0.561. The molecule has 0 spiro atoms. The second kappa shape index (κ2) is 5.50. The van der Waals surface area contributed by atoms with Gasteiger partial charge < -0.3 is 9.53 Å². The Balaban J connectivity index is 2.82. The third-order valence-corrected chi connectivity index (χ3v) is 2.21. The molecular formula is C11H12O2S. The van der Waals surface area contributed by atoms with E-state index in [2.05, 4.69) is 0 Å². The number of ether oxygens (including phenoxy) is 1. The molecule has 1 aromatic rings. The molecule has 0 radical (unpaired) electrons. The van der Waals surface area contributed by atoms with Gasteiger partial charge in [0.2, 0.25) is 0 Å². The van der Waals surface area contributed by atoms with Gasteiger partial charge in [0.15, 0.2) is 5.05 Å².